The number of esters is 2. The lowest BCUT2D eigenvalue weighted by Gasteiger charge is -2.04. The van der Waals surface area contributed by atoms with Crippen LogP contribution in [0.1, 0.15) is 38.1 Å². The van der Waals surface area contributed by atoms with Crippen LogP contribution in [-0.4, -0.2) is 37.0 Å². The van der Waals surface area contributed by atoms with E-state index in [4.69, 9.17) is 9.47 Å². The monoisotopic (exact) mass is 503 g/mol. The van der Waals surface area contributed by atoms with Crippen molar-refractivity contribution in [3.8, 4) is 5.75 Å². The molecule has 0 fully saturated rings. The smallest absolute Gasteiger partial charge is 0.348 e. The molecule has 138 valence electrons. The highest BCUT2D eigenvalue weighted by Crippen LogP contribution is 2.37. The Kier molecular flexibility index (Phi) is 6.96. The lowest BCUT2D eigenvalue weighted by molar-refractivity contribution is 0.0527. The largest absolute Gasteiger partial charge is 0.506 e. The number of thiophene rings is 1. The molecule has 0 aliphatic rings. The second-order valence-electron chi connectivity index (χ2n) is 5.03. The molecule has 1 aromatic heterocycles. The van der Waals surface area contributed by atoms with E-state index < -0.39 is 11.9 Å². The van der Waals surface area contributed by atoms with E-state index in [1.807, 2.05) is 0 Å². The van der Waals surface area contributed by atoms with Gasteiger partial charge in [-0.2, -0.15) is 0 Å². The van der Waals surface area contributed by atoms with Crippen LogP contribution < -0.4 is 0 Å². The van der Waals surface area contributed by atoms with Gasteiger partial charge in [-0.15, -0.1) is 11.3 Å². The zero-order valence-corrected chi connectivity index (χ0v) is 18.1. The van der Waals surface area contributed by atoms with Crippen molar-refractivity contribution in [1.82, 2.24) is 0 Å². The van der Waals surface area contributed by atoms with Crippen molar-refractivity contribution in [2.45, 2.75) is 13.8 Å². The summed E-state index contributed by atoms with van der Waals surface area (Å²) < 4.78 is 11.1. The third-order valence-electron chi connectivity index (χ3n) is 3.36. The third kappa shape index (κ3) is 4.33. The van der Waals surface area contributed by atoms with Crippen LogP contribution in [-0.2, 0) is 9.47 Å². The van der Waals surface area contributed by atoms with Crippen LogP contribution >= 0.6 is 43.2 Å². The standard InChI is InChI=1S/C17H15Br2NO5S/c1-4-25-16(22)12-8(2)14(17(23)24-3)26-15(12)20-7-9-5-10(18)6-11(19)13(9)21/h5-7,21H,4H2,1-3H3. The highest BCUT2D eigenvalue weighted by atomic mass is 79.9. The first-order chi connectivity index (χ1) is 12.3. The van der Waals surface area contributed by atoms with Gasteiger partial charge in [0, 0.05) is 16.3 Å². The summed E-state index contributed by atoms with van der Waals surface area (Å²) in [6.45, 7) is 3.53. The Labute approximate surface area is 171 Å². The minimum absolute atomic E-state index is 0.0103. The topological polar surface area (TPSA) is 85.2 Å². The summed E-state index contributed by atoms with van der Waals surface area (Å²) in [5, 5.41) is 10.4. The molecule has 0 spiro atoms. The number of methoxy groups -OCH3 is 1. The Morgan fingerprint density at radius 3 is 2.62 bits per heavy atom. The minimum atomic E-state index is -0.566. The average molecular weight is 505 g/mol. The lowest BCUT2D eigenvalue weighted by Crippen LogP contribution is -2.07. The van der Waals surface area contributed by atoms with Crippen LogP contribution in [0.4, 0.5) is 5.00 Å². The first-order valence-electron chi connectivity index (χ1n) is 7.41. The van der Waals surface area contributed by atoms with Gasteiger partial charge in [0.15, 0.2) is 0 Å². The first-order valence-corrected chi connectivity index (χ1v) is 9.81. The number of phenols is 1. The Morgan fingerprint density at radius 1 is 1.31 bits per heavy atom. The number of benzene rings is 1. The molecule has 0 bridgehead atoms. The summed E-state index contributed by atoms with van der Waals surface area (Å²) in [4.78, 5) is 28.8. The number of hydrogen-bond acceptors (Lipinski definition) is 7. The molecule has 2 aromatic rings. The number of carbonyl (C=O) groups is 2. The summed E-state index contributed by atoms with van der Waals surface area (Å²) in [5.41, 5.74) is 1.10. The van der Waals surface area contributed by atoms with Gasteiger partial charge in [0.05, 0.1) is 18.2 Å². The number of nitrogens with zero attached hydrogens (tertiary/aromatic N) is 1. The number of aromatic hydroxyl groups is 1. The number of rotatable bonds is 5. The van der Waals surface area contributed by atoms with Crippen molar-refractivity contribution < 1.29 is 24.2 Å². The summed E-state index contributed by atoms with van der Waals surface area (Å²) in [6, 6.07) is 3.37. The Balaban J connectivity index is 2.54. The average Bonchev–Trinajstić information content (AvgIpc) is 2.92. The van der Waals surface area contributed by atoms with Crippen LogP contribution in [0.5, 0.6) is 5.75 Å². The molecule has 9 heteroatoms. The van der Waals surface area contributed by atoms with Gasteiger partial charge in [-0.05, 0) is 47.5 Å². The summed E-state index contributed by atoms with van der Waals surface area (Å²) in [5.74, 6) is -1.10. The van der Waals surface area contributed by atoms with Gasteiger partial charge in [0.1, 0.15) is 21.2 Å². The number of carbonyl (C=O) groups excluding carboxylic acids is 2. The van der Waals surface area contributed by atoms with Gasteiger partial charge in [-0.1, -0.05) is 15.9 Å². The summed E-state index contributed by atoms with van der Waals surface area (Å²) >= 11 is 7.62. The lowest BCUT2D eigenvalue weighted by atomic mass is 10.1. The highest BCUT2D eigenvalue weighted by molar-refractivity contribution is 9.11. The normalized spacial score (nSPS) is 11.0. The molecule has 0 radical (unpaired) electrons. The molecule has 1 N–H and O–H groups in total. The molecule has 1 aromatic carbocycles. The van der Waals surface area contributed by atoms with Gasteiger partial charge >= 0.3 is 11.9 Å². The van der Waals surface area contributed by atoms with Crippen LogP contribution in [0.2, 0.25) is 0 Å². The zero-order chi connectivity index (χ0) is 19.4. The van der Waals surface area contributed by atoms with Crippen molar-refractivity contribution in [2.75, 3.05) is 13.7 Å². The first kappa shape index (κ1) is 20.6. The second kappa shape index (κ2) is 8.79. The van der Waals surface area contributed by atoms with E-state index in [0.717, 1.165) is 15.8 Å². The molecule has 26 heavy (non-hydrogen) atoms. The molecule has 0 aliphatic carbocycles. The van der Waals surface area contributed by atoms with E-state index in [0.29, 0.717) is 20.6 Å². The maximum absolute atomic E-state index is 12.3. The molecule has 6 nitrogen and oxygen atoms in total. The number of halogens is 2. The van der Waals surface area contributed by atoms with E-state index in [1.165, 1.54) is 13.3 Å². The van der Waals surface area contributed by atoms with E-state index in [9.17, 15) is 14.7 Å². The molecule has 1 heterocycles. The van der Waals surface area contributed by atoms with E-state index in [2.05, 4.69) is 36.9 Å². The fraction of sp³-hybridized carbons (Fsp3) is 0.235. The molecule has 0 saturated heterocycles. The number of hydrogen-bond donors (Lipinski definition) is 1. The molecule has 0 unspecified atom stereocenters. The fourth-order valence-electron chi connectivity index (χ4n) is 2.13. The van der Waals surface area contributed by atoms with Crippen molar-refractivity contribution in [1.29, 1.82) is 0 Å². The molecule has 0 aliphatic heterocycles. The van der Waals surface area contributed by atoms with Gasteiger partial charge in [0.2, 0.25) is 0 Å². The fourth-order valence-corrected chi connectivity index (χ4v) is 4.45. The molecular formula is C17H15Br2NO5S. The maximum Gasteiger partial charge on any atom is 0.348 e. The molecule has 0 atom stereocenters. The van der Waals surface area contributed by atoms with Gasteiger partial charge in [-0.3, -0.25) is 0 Å². The predicted molar refractivity (Wildman–Crippen MR) is 107 cm³/mol. The van der Waals surface area contributed by atoms with Crippen molar-refractivity contribution >= 4 is 66.4 Å². The molecule has 2 rings (SSSR count). The SMILES string of the molecule is CCOC(=O)c1c(N=Cc2cc(Br)cc(Br)c2O)sc(C(=O)OC)c1C. The van der Waals surface area contributed by atoms with Crippen LogP contribution in [0, 0.1) is 6.92 Å². The number of phenolic OH excluding ortho intramolecular Hbond substituents is 1. The maximum atomic E-state index is 12.3. The highest BCUT2D eigenvalue weighted by Gasteiger charge is 2.25. The quantitative estimate of drug-likeness (QED) is 0.457. The van der Waals surface area contributed by atoms with E-state index in [-0.39, 0.29) is 22.8 Å². The predicted octanol–water partition coefficient (Wildman–Crippen LogP) is 5.00. The van der Waals surface area contributed by atoms with Crippen LogP contribution in [0.15, 0.2) is 26.1 Å². The third-order valence-corrected chi connectivity index (χ3v) is 5.60. The number of ether oxygens (including phenoxy) is 2. The van der Waals surface area contributed by atoms with Crippen molar-refractivity contribution in [3.63, 3.8) is 0 Å². The van der Waals surface area contributed by atoms with Gasteiger partial charge in [-0.25, -0.2) is 14.6 Å². The Morgan fingerprint density at radius 2 is 2.00 bits per heavy atom. The van der Waals surface area contributed by atoms with Crippen molar-refractivity contribution in [2.24, 2.45) is 4.99 Å². The van der Waals surface area contributed by atoms with Gasteiger partial charge in [0.25, 0.3) is 0 Å². The van der Waals surface area contributed by atoms with Crippen molar-refractivity contribution in [3.05, 3.63) is 42.6 Å². The van der Waals surface area contributed by atoms with E-state index >= 15 is 0 Å². The minimum Gasteiger partial charge on any atom is -0.506 e. The Hall–Kier alpha value is -1.71. The summed E-state index contributed by atoms with van der Waals surface area (Å²) in [6.07, 6.45) is 1.42. The van der Waals surface area contributed by atoms with Crippen LogP contribution in [0.25, 0.3) is 0 Å². The number of aliphatic imine (C=N–C) groups is 1. The van der Waals surface area contributed by atoms with Gasteiger partial charge < -0.3 is 14.6 Å². The molecular weight excluding hydrogens is 490 g/mol. The second-order valence-corrected chi connectivity index (χ2v) is 7.80. The van der Waals surface area contributed by atoms with Crippen LogP contribution in [0.3, 0.4) is 0 Å². The van der Waals surface area contributed by atoms with E-state index in [1.54, 1.807) is 26.0 Å². The molecule has 0 saturated carbocycles. The zero-order valence-electron chi connectivity index (χ0n) is 14.1. The Bertz CT molecular complexity index is 892. The molecule has 0 amide bonds. The summed E-state index contributed by atoms with van der Waals surface area (Å²) in [7, 11) is 1.27.